The fourth-order valence-corrected chi connectivity index (χ4v) is 3.48. The van der Waals surface area contributed by atoms with E-state index in [0.29, 0.717) is 12.1 Å². The minimum Gasteiger partial charge on any atom is -0.312 e. The fraction of sp³-hybridized carbons (Fsp3) is 0.562. The monoisotopic (exact) mass is 255 g/mol. The van der Waals surface area contributed by atoms with Gasteiger partial charge in [0, 0.05) is 25.2 Å². The van der Waals surface area contributed by atoms with Gasteiger partial charge in [-0.1, -0.05) is 12.1 Å². The summed E-state index contributed by atoms with van der Waals surface area (Å²) in [7, 11) is 0. The lowest BCUT2D eigenvalue weighted by Crippen LogP contribution is -2.40. The van der Waals surface area contributed by atoms with Gasteiger partial charge in [-0.05, 0) is 49.9 Å². The van der Waals surface area contributed by atoms with Crippen LogP contribution in [0.4, 0.5) is 0 Å². The number of likely N-dealkylation sites (tertiary alicyclic amines) is 1. The maximum Gasteiger partial charge on any atom is 0.0991 e. The van der Waals surface area contributed by atoms with Gasteiger partial charge < -0.3 is 5.32 Å². The van der Waals surface area contributed by atoms with E-state index < -0.39 is 0 Å². The first kappa shape index (κ1) is 12.7. The average Bonchev–Trinajstić information content (AvgIpc) is 2.90. The van der Waals surface area contributed by atoms with Gasteiger partial charge in [0.25, 0.3) is 0 Å². The number of hydrogen-bond donors (Lipinski definition) is 1. The van der Waals surface area contributed by atoms with Crippen molar-refractivity contribution in [3.05, 3.63) is 35.4 Å². The van der Waals surface area contributed by atoms with Crippen LogP contribution in [0.2, 0.25) is 0 Å². The van der Waals surface area contributed by atoms with Gasteiger partial charge in [0.2, 0.25) is 0 Å². The van der Waals surface area contributed by atoms with Crippen LogP contribution >= 0.6 is 0 Å². The van der Waals surface area contributed by atoms with E-state index in [1.807, 2.05) is 18.2 Å². The molecule has 0 amide bonds. The van der Waals surface area contributed by atoms with E-state index in [1.165, 1.54) is 31.5 Å². The third kappa shape index (κ3) is 2.51. The number of benzene rings is 1. The zero-order valence-corrected chi connectivity index (χ0v) is 11.5. The third-order valence-electron chi connectivity index (χ3n) is 4.67. The molecule has 1 aromatic carbocycles. The van der Waals surface area contributed by atoms with Crippen LogP contribution in [0.3, 0.4) is 0 Å². The highest BCUT2D eigenvalue weighted by Gasteiger charge is 2.36. The second-order valence-corrected chi connectivity index (χ2v) is 5.83. The molecule has 2 aliphatic heterocycles. The highest BCUT2D eigenvalue weighted by Crippen LogP contribution is 2.31. The molecule has 0 aliphatic carbocycles. The summed E-state index contributed by atoms with van der Waals surface area (Å²) < 4.78 is 0. The second kappa shape index (κ2) is 5.32. The van der Waals surface area contributed by atoms with Crippen molar-refractivity contribution in [1.29, 1.82) is 5.26 Å². The summed E-state index contributed by atoms with van der Waals surface area (Å²) in [4.78, 5) is 2.56. The van der Waals surface area contributed by atoms with Crippen LogP contribution in [0.25, 0.3) is 0 Å². The molecule has 2 aliphatic rings. The van der Waals surface area contributed by atoms with E-state index in [0.717, 1.165) is 18.0 Å². The van der Waals surface area contributed by atoms with Crippen molar-refractivity contribution in [3.63, 3.8) is 0 Å². The van der Waals surface area contributed by atoms with Gasteiger partial charge in [0.05, 0.1) is 11.6 Å². The van der Waals surface area contributed by atoms with Crippen molar-refractivity contribution in [2.45, 2.75) is 31.8 Å². The van der Waals surface area contributed by atoms with Crippen LogP contribution in [0.15, 0.2) is 24.3 Å². The number of piperidine rings is 1. The van der Waals surface area contributed by atoms with Crippen LogP contribution in [0, 0.1) is 17.2 Å². The summed E-state index contributed by atoms with van der Waals surface area (Å²) >= 11 is 0. The minimum absolute atomic E-state index is 0.403. The maximum atomic E-state index is 9.00. The number of nitriles is 1. The van der Waals surface area contributed by atoms with E-state index in [2.05, 4.69) is 29.3 Å². The lowest BCUT2D eigenvalue weighted by atomic mass is 9.94. The van der Waals surface area contributed by atoms with Gasteiger partial charge in [0.15, 0.2) is 0 Å². The Bertz CT molecular complexity index is 477. The van der Waals surface area contributed by atoms with Crippen molar-refractivity contribution in [1.82, 2.24) is 10.2 Å². The van der Waals surface area contributed by atoms with E-state index >= 15 is 0 Å². The molecule has 1 aromatic rings. The summed E-state index contributed by atoms with van der Waals surface area (Å²) in [6.45, 7) is 5.76. The quantitative estimate of drug-likeness (QED) is 0.881. The SMILES string of the molecule is CC(c1cccc(C#N)c1)N1CC2CCCNC2C1. The van der Waals surface area contributed by atoms with Crippen molar-refractivity contribution in [3.8, 4) is 6.07 Å². The molecule has 3 unspecified atom stereocenters. The summed E-state index contributed by atoms with van der Waals surface area (Å²) in [5, 5.41) is 12.6. The Morgan fingerprint density at radius 1 is 1.42 bits per heavy atom. The number of hydrogen-bond acceptors (Lipinski definition) is 3. The largest absolute Gasteiger partial charge is 0.312 e. The number of nitrogens with zero attached hydrogens (tertiary/aromatic N) is 2. The van der Waals surface area contributed by atoms with Gasteiger partial charge in [0.1, 0.15) is 0 Å². The standard InChI is InChI=1S/C16H21N3/c1-12(14-5-2-4-13(8-14)9-17)19-10-15-6-3-7-18-16(15)11-19/h2,4-5,8,12,15-16,18H,3,6-7,10-11H2,1H3. The summed E-state index contributed by atoms with van der Waals surface area (Å²) in [5.41, 5.74) is 2.02. The smallest absolute Gasteiger partial charge is 0.0991 e. The Labute approximate surface area is 115 Å². The summed E-state index contributed by atoms with van der Waals surface area (Å²) in [5.74, 6) is 0.815. The van der Waals surface area contributed by atoms with Crippen molar-refractivity contribution in [2.75, 3.05) is 19.6 Å². The third-order valence-corrected chi connectivity index (χ3v) is 4.67. The molecule has 2 fully saturated rings. The molecule has 19 heavy (non-hydrogen) atoms. The zero-order valence-electron chi connectivity index (χ0n) is 11.5. The second-order valence-electron chi connectivity index (χ2n) is 5.83. The molecular formula is C16H21N3. The number of fused-ring (bicyclic) bond motifs is 1. The molecule has 0 saturated carbocycles. The van der Waals surface area contributed by atoms with Gasteiger partial charge in [-0.2, -0.15) is 5.26 Å². The van der Waals surface area contributed by atoms with E-state index in [1.54, 1.807) is 0 Å². The predicted molar refractivity (Wildman–Crippen MR) is 75.7 cm³/mol. The maximum absolute atomic E-state index is 9.00. The molecule has 0 bridgehead atoms. The van der Waals surface area contributed by atoms with Crippen molar-refractivity contribution >= 4 is 0 Å². The first-order valence-electron chi connectivity index (χ1n) is 7.25. The molecular weight excluding hydrogens is 234 g/mol. The molecule has 0 radical (unpaired) electrons. The lowest BCUT2D eigenvalue weighted by Gasteiger charge is -2.25. The Hall–Kier alpha value is -1.37. The van der Waals surface area contributed by atoms with Crippen LogP contribution in [-0.2, 0) is 0 Å². The molecule has 0 aromatic heterocycles. The Balaban J connectivity index is 1.73. The van der Waals surface area contributed by atoms with Gasteiger partial charge in [-0.15, -0.1) is 0 Å². The fourth-order valence-electron chi connectivity index (χ4n) is 3.48. The minimum atomic E-state index is 0.403. The summed E-state index contributed by atoms with van der Waals surface area (Å²) in [6, 6.07) is 11.3. The van der Waals surface area contributed by atoms with Crippen molar-refractivity contribution < 1.29 is 0 Å². The average molecular weight is 255 g/mol. The molecule has 3 rings (SSSR count). The van der Waals surface area contributed by atoms with Crippen LogP contribution < -0.4 is 5.32 Å². The lowest BCUT2D eigenvalue weighted by molar-refractivity contribution is 0.251. The van der Waals surface area contributed by atoms with E-state index in [-0.39, 0.29) is 0 Å². The predicted octanol–water partition coefficient (Wildman–Crippen LogP) is 2.30. The van der Waals surface area contributed by atoms with Crippen LogP contribution in [0.1, 0.15) is 36.9 Å². The Morgan fingerprint density at radius 3 is 3.11 bits per heavy atom. The molecule has 2 heterocycles. The Morgan fingerprint density at radius 2 is 2.32 bits per heavy atom. The molecule has 0 spiro atoms. The van der Waals surface area contributed by atoms with E-state index in [4.69, 9.17) is 5.26 Å². The normalized spacial score (nSPS) is 28.6. The molecule has 3 atom stereocenters. The first-order chi connectivity index (χ1) is 9.28. The molecule has 3 heteroatoms. The van der Waals surface area contributed by atoms with E-state index in [9.17, 15) is 0 Å². The molecule has 2 saturated heterocycles. The highest BCUT2D eigenvalue weighted by atomic mass is 15.2. The first-order valence-corrected chi connectivity index (χ1v) is 7.25. The number of rotatable bonds is 2. The van der Waals surface area contributed by atoms with Gasteiger partial charge >= 0.3 is 0 Å². The molecule has 100 valence electrons. The Kier molecular flexibility index (Phi) is 3.54. The molecule has 3 nitrogen and oxygen atoms in total. The van der Waals surface area contributed by atoms with Gasteiger partial charge in [-0.3, -0.25) is 4.90 Å². The molecule has 1 N–H and O–H groups in total. The van der Waals surface area contributed by atoms with Crippen LogP contribution in [-0.4, -0.2) is 30.6 Å². The van der Waals surface area contributed by atoms with Gasteiger partial charge in [-0.25, -0.2) is 0 Å². The zero-order chi connectivity index (χ0) is 13.2. The highest BCUT2D eigenvalue weighted by molar-refractivity contribution is 5.34. The topological polar surface area (TPSA) is 39.1 Å². The number of nitrogens with one attached hydrogen (secondary N) is 1. The van der Waals surface area contributed by atoms with Crippen LogP contribution in [0.5, 0.6) is 0 Å². The summed E-state index contributed by atoms with van der Waals surface area (Å²) in [6.07, 6.45) is 2.67. The van der Waals surface area contributed by atoms with Crippen molar-refractivity contribution in [2.24, 2.45) is 5.92 Å².